The lowest BCUT2D eigenvalue weighted by molar-refractivity contribution is 0.0136. The molecule has 0 fully saturated rings. The normalized spacial score (nSPS) is 13.0. The monoisotopic (exact) mass is 423 g/mol. The average molecular weight is 424 g/mol. The van der Waals surface area contributed by atoms with Crippen molar-refractivity contribution in [2.24, 2.45) is 0 Å². The molecule has 0 amide bonds. The Morgan fingerprint density at radius 1 is 1.15 bits per heavy atom. The van der Waals surface area contributed by atoms with Crippen LogP contribution >= 0.6 is 15.9 Å². The molecule has 0 saturated carbocycles. The summed E-state index contributed by atoms with van der Waals surface area (Å²) in [6.07, 6.45) is 0. The van der Waals surface area contributed by atoms with Crippen LogP contribution in [0, 0.1) is 12.7 Å². The van der Waals surface area contributed by atoms with Crippen molar-refractivity contribution in [1.29, 1.82) is 0 Å². The smallest absolute Gasteiger partial charge is 0.273 e. The molecule has 2 aromatic carbocycles. The van der Waals surface area contributed by atoms with Gasteiger partial charge in [-0.15, -0.1) is 0 Å². The number of nitrogens with zero attached hydrogens (tertiary/aromatic N) is 2. The third kappa shape index (κ3) is 3.67. The number of benzene rings is 2. The first kappa shape index (κ1) is 18.6. The van der Waals surface area contributed by atoms with E-state index in [0.717, 1.165) is 21.4 Å². The van der Waals surface area contributed by atoms with E-state index in [1.807, 2.05) is 18.2 Å². The van der Waals surface area contributed by atoms with E-state index in [-0.39, 0.29) is 5.56 Å². The minimum Gasteiger partial charge on any atom is -0.363 e. The Balaban J connectivity index is 2.03. The van der Waals surface area contributed by atoms with Crippen molar-refractivity contribution in [2.45, 2.75) is 32.7 Å². The number of anilines is 1. The van der Waals surface area contributed by atoms with Gasteiger partial charge >= 0.3 is 0 Å². The van der Waals surface area contributed by atoms with Crippen LogP contribution in [0.4, 0.5) is 19.0 Å². The molecule has 0 saturated heterocycles. The maximum Gasteiger partial charge on any atom is 0.273 e. The van der Waals surface area contributed by atoms with Crippen LogP contribution in [0.2, 0.25) is 0 Å². The number of aryl methyl sites for hydroxylation is 1. The van der Waals surface area contributed by atoms with Crippen LogP contribution < -0.4 is 5.32 Å². The maximum atomic E-state index is 14.6. The van der Waals surface area contributed by atoms with Crippen LogP contribution in [0.5, 0.6) is 0 Å². The van der Waals surface area contributed by atoms with E-state index < -0.39 is 23.3 Å². The molecule has 136 valence electrons. The Morgan fingerprint density at radius 3 is 2.58 bits per heavy atom. The molecule has 7 heteroatoms. The molecular weight excluding hydrogens is 407 g/mol. The summed E-state index contributed by atoms with van der Waals surface area (Å²) in [7, 11) is 0. The molecule has 0 bridgehead atoms. The van der Waals surface area contributed by atoms with E-state index in [1.54, 1.807) is 13.8 Å². The lowest BCUT2D eigenvalue weighted by atomic mass is 10.0. The molecule has 0 radical (unpaired) electrons. The SMILES string of the molecule is Cc1nc(N[C@H](C)c2cccc(C(C)(F)F)c2F)c2cc(Br)ccc2n1. The van der Waals surface area contributed by atoms with Gasteiger partial charge in [0.1, 0.15) is 17.5 Å². The first-order chi connectivity index (χ1) is 12.2. The highest BCUT2D eigenvalue weighted by Gasteiger charge is 2.30. The molecule has 0 aliphatic carbocycles. The first-order valence-electron chi connectivity index (χ1n) is 8.04. The second-order valence-electron chi connectivity index (χ2n) is 6.24. The number of hydrogen-bond acceptors (Lipinski definition) is 3. The Kier molecular flexibility index (Phi) is 4.92. The number of hydrogen-bond donors (Lipinski definition) is 1. The summed E-state index contributed by atoms with van der Waals surface area (Å²) < 4.78 is 42.7. The number of nitrogens with one attached hydrogen (secondary N) is 1. The highest BCUT2D eigenvalue weighted by molar-refractivity contribution is 9.10. The highest BCUT2D eigenvalue weighted by atomic mass is 79.9. The Labute approximate surface area is 157 Å². The minimum atomic E-state index is -3.25. The zero-order chi connectivity index (χ0) is 19.1. The third-order valence-electron chi connectivity index (χ3n) is 4.09. The Bertz CT molecular complexity index is 970. The van der Waals surface area contributed by atoms with E-state index in [4.69, 9.17) is 0 Å². The molecule has 1 atom stereocenters. The van der Waals surface area contributed by atoms with Gasteiger partial charge in [-0.2, -0.15) is 0 Å². The van der Waals surface area contributed by atoms with E-state index in [0.29, 0.717) is 18.6 Å². The third-order valence-corrected chi connectivity index (χ3v) is 4.58. The van der Waals surface area contributed by atoms with Gasteiger partial charge in [-0.25, -0.2) is 23.1 Å². The van der Waals surface area contributed by atoms with Gasteiger partial charge < -0.3 is 5.32 Å². The lowest BCUT2D eigenvalue weighted by Crippen LogP contribution is -2.16. The Hall–Kier alpha value is -2.15. The van der Waals surface area contributed by atoms with Crippen LogP contribution in [0.1, 0.15) is 36.8 Å². The molecule has 0 aliphatic rings. The predicted molar refractivity (Wildman–Crippen MR) is 100.0 cm³/mol. The summed E-state index contributed by atoms with van der Waals surface area (Å²) in [5.41, 5.74) is 0.281. The number of alkyl halides is 2. The van der Waals surface area contributed by atoms with Crippen molar-refractivity contribution < 1.29 is 13.2 Å². The summed E-state index contributed by atoms with van der Waals surface area (Å²) in [5, 5.41) is 3.89. The zero-order valence-corrected chi connectivity index (χ0v) is 16.0. The number of fused-ring (bicyclic) bond motifs is 1. The number of aromatic nitrogens is 2. The number of halogens is 4. The van der Waals surface area contributed by atoms with Gasteiger partial charge in [0, 0.05) is 22.3 Å². The predicted octanol–water partition coefficient (Wildman–Crippen LogP) is 6.12. The van der Waals surface area contributed by atoms with Crippen molar-refractivity contribution in [3.8, 4) is 0 Å². The fourth-order valence-electron chi connectivity index (χ4n) is 2.83. The van der Waals surface area contributed by atoms with E-state index in [9.17, 15) is 13.2 Å². The second-order valence-corrected chi connectivity index (χ2v) is 7.16. The largest absolute Gasteiger partial charge is 0.363 e. The van der Waals surface area contributed by atoms with Crippen LogP contribution in [-0.2, 0) is 5.92 Å². The molecule has 1 aromatic heterocycles. The van der Waals surface area contributed by atoms with E-state index in [2.05, 4.69) is 31.2 Å². The van der Waals surface area contributed by atoms with Gasteiger partial charge in [0.2, 0.25) is 0 Å². The van der Waals surface area contributed by atoms with Gasteiger partial charge in [-0.1, -0.05) is 34.1 Å². The maximum absolute atomic E-state index is 14.6. The minimum absolute atomic E-state index is 0.156. The first-order valence-corrected chi connectivity index (χ1v) is 8.83. The van der Waals surface area contributed by atoms with E-state index in [1.165, 1.54) is 12.1 Å². The van der Waals surface area contributed by atoms with Gasteiger partial charge in [-0.3, -0.25) is 0 Å². The van der Waals surface area contributed by atoms with Crippen LogP contribution in [-0.4, -0.2) is 9.97 Å². The fourth-order valence-corrected chi connectivity index (χ4v) is 3.19. The fraction of sp³-hybridized carbons (Fsp3) is 0.263. The molecular formula is C19H17BrF3N3. The molecule has 3 nitrogen and oxygen atoms in total. The van der Waals surface area contributed by atoms with Gasteiger partial charge in [0.25, 0.3) is 5.92 Å². The van der Waals surface area contributed by atoms with Crippen molar-refractivity contribution in [1.82, 2.24) is 9.97 Å². The number of rotatable bonds is 4. The summed E-state index contributed by atoms with van der Waals surface area (Å²) in [6, 6.07) is 9.05. The standard InChI is InChI=1S/C19H17BrF3N3/c1-10(13-5-4-6-15(17(13)21)19(3,22)23)24-18-14-9-12(20)7-8-16(14)25-11(2)26-18/h4-10H,1-3H3,(H,24,25,26)/t10-/m1/s1. The van der Waals surface area contributed by atoms with Crippen LogP contribution in [0.3, 0.4) is 0 Å². The van der Waals surface area contributed by atoms with Crippen molar-refractivity contribution >= 4 is 32.7 Å². The summed E-state index contributed by atoms with van der Waals surface area (Å²) in [6.45, 7) is 4.15. The molecule has 3 aromatic rings. The molecule has 26 heavy (non-hydrogen) atoms. The molecule has 0 spiro atoms. The quantitative estimate of drug-likeness (QED) is 0.548. The summed E-state index contributed by atoms with van der Waals surface area (Å²) in [4.78, 5) is 8.77. The van der Waals surface area contributed by atoms with Crippen molar-refractivity contribution in [3.05, 3.63) is 63.6 Å². The van der Waals surface area contributed by atoms with Gasteiger partial charge in [0.05, 0.1) is 17.1 Å². The molecule has 0 aliphatic heterocycles. The highest BCUT2D eigenvalue weighted by Crippen LogP contribution is 2.34. The Morgan fingerprint density at radius 2 is 1.88 bits per heavy atom. The lowest BCUT2D eigenvalue weighted by Gasteiger charge is -2.20. The van der Waals surface area contributed by atoms with Crippen molar-refractivity contribution in [3.63, 3.8) is 0 Å². The second kappa shape index (κ2) is 6.87. The summed E-state index contributed by atoms with van der Waals surface area (Å²) in [5.74, 6) is -3.07. The zero-order valence-electron chi connectivity index (χ0n) is 14.4. The van der Waals surface area contributed by atoms with Crippen molar-refractivity contribution in [2.75, 3.05) is 5.32 Å². The van der Waals surface area contributed by atoms with Gasteiger partial charge in [0.15, 0.2) is 0 Å². The molecule has 0 unspecified atom stereocenters. The van der Waals surface area contributed by atoms with E-state index >= 15 is 0 Å². The average Bonchev–Trinajstić information content (AvgIpc) is 2.54. The van der Waals surface area contributed by atoms with Crippen LogP contribution in [0.25, 0.3) is 10.9 Å². The van der Waals surface area contributed by atoms with Crippen LogP contribution in [0.15, 0.2) is 40.9 Å². The molecule has 1 N–H and O–H groups in total. The molecule has 3 rings (SSSR count). The topological polar surface area (TPSA) is 37.8 Å². The summed E-state index contributed by atoms with van der Waals surface area (Å²) >= 11 is 3.41. The molecule has 1 heterocycles. The van der Waals surface area contributed by atoms with Gasteiger partial charge in [-0.05, 0) is 32.0 Å².